The fourth-order valence-electron chi connectivity index (χ4n) is 2.48. The van der Waals surface area contributed by atoms with Gasteiger partial charge in [-0.3, -0.25) is 9.59 Å². The summed E-state index contributed by atoms with van der Waals surface area (Å²) < 4.78 is 1.84. The highest BCUT2D eigenvalue weighted by molar-refractivity contribution is 14.1. The Kier molecular flexibility index (Phi) is 10.7. The maximum absolute atomic E-state index is 13.2. The summed E-state index contributed by atoms with van der Waals surface area (Å²) >= 11 is 6.18. The number of benzene rings is 1. The Labute approximate surface area is 207 Å². The van der Waals surface area contributed by atoms with E-state index in [1.54, 1.807) is 34.1 Å². The maximum atomic E-state index is 13.2. The smallest absolute Gasteiger partial charge is 0.256 e. The number of nitrogens with two attached hydrogens (primary N) is 1. The fraction of sp³-hybridized carbons (Fsp3) is 0.200. The summed E-state index contributed by atoms with van der Waals surface area (Å²) in [4.78, 5) is 29.7. The number of carbonyl (C=O) groups is 2. The molecule has 0 bridgehead atoms. The second-order valence-electron chi connectivity index (χ2n) is 5.68. The summed E-state index contributed by atoms with van der Waals surface area (Å²) in [5, 5.41) is 0. The minimum Gasteiger partial charge on any atom is -0.397 e. The normalized spacial score (nSPS) is 10.1. The first-order valence-corrected chi connectivity index (χ1v) is 11.5. The molecule has 1 aromatic rings. The Morgan fingerprint density at radius 3 is 1.25 bits per heavy atom. The van der Waals surface area contributed by atoms with Crippen LogP contribution in [0.15, 0.2) is 50.6 Å². The van der Waals surface area contributed by atoms with Crippen LogP contribution >= 0.6 is 67.8 Å². The molecule has 0 aliphatic rings. The van der Waals surface area contributed by atoms with Gasteiger partial charge in [-0.25, -0.2) is 0 Å². The van der Waals surface area contributed by atoms with E-state index in [4.69, 9.17) is 5.73 Å². The minimum absolute atomic E-state index is 0.218. The van der Waals surface area contributed by atoms with Crippen molar-refractivity contribution in [2.24, 2.45) is 0 Å². The molecule has 1 aromatic carbocycles. The molecule has 1 rings (SSSR count). The summed E-state index contributed by atoms with van der Waals surface area (Å²) in [5.41, 5.74) is 7.54. The zero-order valence-corrected chi connectivity index (χ0v) is 21.9. The lowest BCUT2D eigenvalue weighted by atomic mass is 10.1. The molecule has 0 aliphatic carbocycles. The van der Waals surface area contributed by atoms with Crippen molar-refractivity contribution in [3.63, 3.8) is 0 Å². The van der Waals surface area contributed by atoms with Crippen LogP contribution in [-0.2, 0) is 0 Å². The van der Waals surface area contributed by atoms with Crippen LogP contribution < -0.4 is 5.73 Å². The van der Waals surface area contributed by atoms with Gasteiger partial charge in [-0.2, -0.15) is 0 Å². The molecule has 5 nitrogen and oxygen atoms in total. The summed E-state index contributed by atoms with van der Waals surface area (Å²) in [7, 11) is 0. The van der Waals surface area contributed by atoms with Crippen LogP contribution in [0.2, 0.25) is 0 Å². The molecule has 0 radical (unpaired) electrons. The van der Waals surface area contributed by atoms with Crippen molar-refractivity contribution in [2.45, 2.75) is 0 Å². The molecule has 0 aliphatic heterocycles. The van der Waals surface area contributed by atoms with Crippen molar-refractivity contribution in [1.82, 2.24) is 9.80 Å². The van der Waals surface area contributed by atoms with E-state index in [-0.39, 0.29) is 11.8 Å². The van der Waals surface area contributed by atoms with Crippen LogP contribution in [0.1, 0.15) is 20.7 Å². The molecule has 0 saturated heterocycles. The Morgan fingerprint density at radius 1 is 0.714 bits per heavy atom. The quantitative estimate of drug-likeness (QED) is 0.217. The lowest BCUT2D eigenvalue weighted by Gasteiger charge is -2.25. The standard InChI is InChI=1S/C20H22I3N3O2/c1-5-9-25(10-6-2)19(27)13-15(21)14(17(23)18(24)16(13)22)20(28)26(11-7-3)12-8-4/h5-8H,1-4,9-12,24H2. The molecule has 0 atom stereocenters. The highest BCUT2D eigenvalue weighted by Gasteiger charge is 2.30. The maximum Gasteiger partial charge on any atom is 0.256 e. The van der Waals surface area contributed by atoms with E-state index in [1.165, 1.54) is 0 Å². The van der Waals surface area contributed by atoms with Crippen molar-refractivity contribution < 1.29 is 9.59 Å². The minimum atomic E-state index is -0.218. The van der Waals surface area contributed by atoms with E-state index >= 15 is 0 Å². The number of amides is 2. The Hall–Kier alpha value is -0.890. The highest BCUT2D eigenvalue weighted by Crippen LogP contribution is 2.35. The fourth-order valence-corrected chi connectivity index (χ4v) is 6.57. The van der Waals surface area contributed by atoms with Gasteiger partial charge in [0.05, 0.1) is 24.0 Å². The van der Waals surface area contributed by atoms with Crippen molar-refractivity contribution in [3.05, 3.63) is 72.5 Å². The van der Waals surface area contributed by atoms with Gasteiger partial charge < -0.3 is 15.5 Å². The Bertz CT molecular complexity index is 738. The number of carbonyl (C=O) groups excluding carboxylic acids is 2. The molecule has 150 valence electrons. The van der Waals surface area contributed by atoms with Crippen LogP contribution in [0.25, 0.3) is 0 Å². The molecule has 2 N–H and O–H groups in total. The van der Waals surface area contributed by atoms with Crippen molar-refractivity contribution in [2.75, 3.05) is 31.9 Å². The number of nitrogens with zero attached hydrogens (tertiary/aromatic N) is 2. The van der Waals surface area contributed by atoms with E-state index in [0.29, 0.717) is 53.7 Å². The van der Waals surface area contributed by atoms with E-state index in [2.05, 4.69) is 94.1 Å². The van der Waals surface area contributed by atoms with Gasteiger partial charge in [0.15, 0.2) is 0 Å². The third kappa shape index (κ3) is 5.59. The number of anilines is 1. The van der Waals surface area contributed by atoms with Crippen LogP contribution in [0.5, 0.6) is 0 Å². The average Bonchev–Trinajstić information content (AvgIpc) is 2.66. The Balaban J connectivity index is 3.65. The van der Waals surface area contributed by atoms with Crippen molar-refractivity contribution in [1.29, 1.82) is 0 Å². The Morgan fingerprint density at radius 2 is 1.00 bits per heavy atom. The van der Waals surface area contributed by atoms with Gasteiger partial charge in [0.1, 0.15) is 0 Å². The van der Waals surface area contributed by atoms with Crippen LogP contribution in [0.4, 0.5) is 5.69 Å². The lowest BCUT2D eigenvalue weighted by molar-refractivity contribution is 0.0786. The van der Waals surface area contributed by atoms with Crippen LogP contribution in [0.3, 0.4) is 0 Å². The first-order chi connectivity index (χ1) is 13.3. The molecule has 8 heteroatoms. The van der Waals surface area contributed by atoms with Gasteiger partial charge in [0.25, 0.3) is 11.8 Å². The summed E-state index contributed by atoms with van der Waals surface area (Å²) in [5.74, 6) is -0.436. The number of halogens is 3. The summed E-state index contributed by atoms with van der Waals surface area (Å²) in [6.45, 7) is 16.3. The topological polar surface area (TPSA) is 66.6 Å². The predicted molar refractivity (Wildman–Crippen MR) is 142 cm³/mol. The lowest BCUT2D eigenvalue weighted by Crippen LogP contribution is -2.35. The molecule has 0 heterocycles. The van der Waals surface area contributed by atoms with Crippen LogP contribution in [-0.4, -0.2) is 47.8 Å². The number of nitrogen functional groups attached to an aromatic ring is 1. The van der Waals surface area contributed by atoms with Crippen molar-refractivity contribution >= 4 is 85.3 Å². The third-order valence-electron chi connectivity index (χ3n) is 3.75. The molecule has 0 saturated carbocycles. The monoisotopic (exact) mass is 717 g/mol. The molecule has 0 spiro atoms. The zero-order chi connectivity index (χ0) is 21.4. The first kappa shape index (κ1) is 25.1. The van der Waals surface area contributed by atoms with Crippen molar-refractivity contribution in [3.8, 4) is 0 Å². The number of rotatable bonds is 10. The molecular weight excluding hydrogens is 695 g/mol. The second-order valence-corrected chi connectivity index (χ2v) is 8.92. The predicted octanol–water partition coefficient (Wildman–Crippen LogP) is 4.71. The van der Waals surface area contributed by atoms with E-state index in [9.17, 15) is 9.59 Å². The molecule has 2 amide bonds. The van der Waals surface area contributed by atoms with Gasteiger partial charge in [-0.1, -0.05) is 24.3 Å². The first-order valence-electron chi connectivity index (χ1n) is 8.24. The molecular formula is C20H22I3N3O2. The second kappa shape index (κ2) is 12.0. The van der Waals surface area contributed by atoms with E-state index < -0.39 is 0 Å². The molecule has 0 unspecified atom stereocenters. The molecule has 28 heavy (non-hydrogen) atoms. The zero-order valence-electron chi connectivity index (χ0n) is 15.4. The van der Waals surface area contributed by atoms with Crippen LogP contribution in [0, 0.1) is 10.7 Å². The molecule has 0 fully saturated rings. The summed E-state index contributed by atoms with van der Waals surface area (Å²) in [6.07, 6.45) is 6.61. The number of hydrogen-bond acceptors (Lipinski definition) is 3. The van der Waals surface area contributed by atoms with Gasteiger partial charge in [-0.15, -0.1) is 26.3 Å². The van der Waals surface area contributed by atoms with Gasteiger partial charge in [-0.05, 0) is 67.8 Å². The SMILES string of the molecule is C=CCN(CC=C)C(=O)c1c(I)c(N)c(I)c(C(=O)N(CC=C)CC=C)c1I. The largest absolute Gasteiger partial charge is 0.397 e. The third-order valence-corrected chi connectivity index (χ3v) is 7.07. The van der Waals surface area contributed by atoms with Gasteiger partial charge in [0, 0.05) is 29.7 Å². The number of hydrogen-bond donors (Lipinski definition) is 1. The average molecular weight is 717 g/mol. The highest BCUT2D eigenvalue weighted by atomic mass is 127. The van der Waals surface area contributed by atoms with E-state index in [1.807, 2.05) is 0 Å². The van der Waals surface area contributed by atoms with E-state index in [0.717, 1.165) is 0 Å². The molecule has 0 aromatic heterocycles. The van der Waals surface area contributed by atoms with Gasteiger partial charge in [0.2, 0.25) is 0 Å². The summed E-state index contributed by atoms with van der Waals surface area (Å²) in [6, 6.07) is 0. The van der Waals surface area contributed by atoms with Gasteiger partial charge >= 0.3 is 0 Å².